The van der Waals surface area contributed by atoms with Gasteiger partial charge in [-0.1, -0.05) is 75.2 Å². The van der Waals surface area contributed by atoms with Crippen LogP contribution in [-0.2, 0) is 27.2 Å². The quantitative estimate of drug-likeness (QED) is 0.0770. The number of nitrogens with one attached hydrogen (secondary N) is 3. The standard InChI is InChI=1S/C40H43N3O5S2/c1-4-48-40(47)36-32-17-10-5-6-11-18-34(32)50-39(36)43-35(44)25-49-31-16-12-15-30(24-31)41-38(46)33(42-37(45)29-13-8-7-9-14-29)23-27-19-21-28(22-20-27)26(2)3/h7-9,12-16,19-24,26H,4-6,10-11,17-18,25H2,1-3H3,(H,41,46)(H,42,45)(H,43,44)/b33-23+. The summed E-state index contributed by atoms with van der Waals surface area (Å²) in [7, 11) is 0. The van der Waals surface area contributed by atoms with Gasteiger partial charge in [-0.15, -0.1) is 23.1 Å². The topological polar surface area (TPSA) is 114 Å². The Bertz CT molecular complexity index is 1850. The highest BCUT2D eigenvalue weighted by molar-refractivity contribution is 8.00. The molecule has 1 heterocycles. The zero-order valence-electron chi connectivity index (χ0n) is 28.7. The molecule has 0 bridgehead atoms. The van der Waals surface area contributed by atoms with Crippen LogP contribution in [0.25, 0.3) is 6.08 Å². The van der Waals surface area contributed by atoms with Gasteiger partial charge in [0.05, 0.1) is 17.9 Å². The highest BCUT2D eigenvalue weighted by Gasteiger charge is 2.26. The van der Waals surface area contributed by atoms with Gasteiger partial charge in [-0.25, -0.2) is 4.79 Å². The average Bonchev–Trinajstić information content (AvgIpc) is 3.43. The summed E-state index contributed by atoms with van der Waals surface area (Å²) in [5.74, 6) is -1.04. The number of fused-ring (bicyclic) bond motifs is 1. The Morgan fingerprint density at radius 3 is 2.34 bits per heavy atom. The first-order chi connectivity index (χ1) is 24.2. The second-order valence-corrected chi connectivity index (χ2v) is 14.5. The number of hydrogen-bond donors (Lipinski definition) is 3. The van der Waals surface area contributed by atoms with Gasteiger partial charge in [-0.05, 0) is 91.6 Å². The fourth-order valence-corrected chi connectivity index (χ4v) is 7.74. The summed E-state index contributed by atoms with van der Waals surface area (Å²) in [6.07, 6.45) is 7.72. The molecule has 0 saturated heterocycles. The molecule has 0 saturated carbocycles. The Morgan fingerprint density at radius 2 is 1.62 bits per heavy atom. The third kappa shape index (κ3) is 9.95. The fraction of sp³-hybridized carbons (Fsp3) is 0.300. The summed E-state index contributed by atoms with van der Waals surface area (Å²) < 4.78 is 5.38. The molecule has 50 heavy (non-hydrogen) atoms. The Kier molecular flexibility index (Phi) is 13.1. The Hall–Kier alpha value is -4.67. The lowest BCUT2D eigenvalue weighted by Gasteiger charge is -2.13. The third-order valence-electron chi connectivity index (χ3n) is 8.31. The van der Waals surface area contributed by atoms with Gasteiger partial charge in [-0.3, -0.25) is 14.4 Å². The summed E-state index contributed by atoms with van der Waals surface area (Å²) in [4.78, 5) is 54.7. The van der Waals surface area contributed by atoms with Crippen LogP contribution in [0.1, 0.15) is 94.7 Å². The first-order valence-electron chi connectivity index (χ1n) is 17.1. The molecule has 1 aliphatic rings. The van der Waals surface area contributed by atoms with Crippen molar-refractivity contribution < 1.29 is 23.9 Å². The van der Waals surface area contributed by atoms with Crippen molar-refractivity contribution >= 4 is 63.6 Å². The number of aryl methyl sites for hydroxylation is 1. The molecule has 10 heteroatoms. The molecular weight excluding hydrogens is 667 g/mol. The van der Waals surface area contributed by atoms with Gasteiger partial charge in [0.2, 0.25) is 5.91 Å². The Labute approximate surface area is 302 Å². The maximum atomic E-state index is 13.6. The number of esters is 1. The Balaban J connectivity index is 1.27. The summed E-state index contributed by atoms with van der Waals surface area (Å²) in [5.41, 5.74) is 4.49. The molecule has 4 aromatic rings. The number of anilines is 2. The van der Waals surface area contributed by atoms with E-state index in [9.17, 15) is 19.2 Å². The largest absolute Gasteiger partial charge is 0.462 e. The van der Waals surface area contributed by atoms with Gasteiger partial charge < -0.3 is 20.7 Å². The second kappa shape index (κ2) is 17.8. The molecule has 8 nitrogen and oxygen atoms in total. The lowest BCUT2D eigenvalue weighted by atomic mass is 9.96. The van der Waals surface area contributed by atoms with Gasteiger partial charge in [0.1, 0.15) is 10.7 Å². The van der Waals surface area contributed by atoms with Crippen LogP contribution < -0.4 is 16.0 Å². The minimum Gasteiger partial charge on any atom is -0.462 e. The molecule has 0 aliphatic heterocycles. The van der Waals surface area contributed by atoms with Crippen molar-refractivity contribution in [3.63, 3.8) is 0 Å². The van der Waals surface area contributed by atoms with E-state index < -0.39 is 17.8 Å². The Morgan fingerprint density at radius 1 is 0.880 bits per heavy atom. The van der Waals surface area contributed by atoms with E-state index >= 15 is 0 Å². The maximum Gasteiger partial charge on any atom is 0.341 e. The lowest BCUT2D eigenvalue weighted by molar-refractivity contribution is -0.114. The fourth-order valence-electron chi connectivity index (χ4n) is 5.69. The van der Waals surface area contributed by atoms with Crippen LogP contribution in [0.2, 0.25) is 0 Å². The molecule has 260 valence electrons. The van der Waals surface area contributed by atoms with E-state index in [4.69, 9.17) is 4.74 Å². The predicted octanol–water partition coefficient (Wildman–Crippen LogP) is 8.85. The highest BCUT2D eigenvalue weighted by Crippen LogP contribution is 2.38. The number of carbonyl (C=O) groups is 4. The van der Waals surface area contributed by atoms with Crippen LogP contribution in [0.5, 0.6) is 0 Å². The smallest absolute Gasteiger partial charge is 0.341 e. The molecular formula is C40H43N3O5S2. The zero-order chi connectivity index (χ0) is 35.5. The van der Waals surface area contributed by atoms with Crippen LogP contribution in [0.3, 0.4) is 0 Å². The van der Waals surface area contributed by atoms with Gasteiger partial charge in [0.25, 0.3) is 11.8 Å². The zero-order valence-corrected chi connectivity index (χ0v) is 30.3. The first kappa shape index (κ1) is 36.6. The van der Waals surface area contributed by atoms with E-state index in [-0.39, 0.29) is 24.0 Å². The molecule has 0 atom stereocenters. The number of carbonyl (C=O) groups excluding carboxylic acids is 4. The van der Waals surface area contributed by atoms with Crippen molar-refractivity contribution in [1.29, 1.82) is 0 Å². The predicted molar refractivity (Wildman–Crippen MR) is 203 cm³/mol. The van der Waals surface area contributed by atoms with Gasteiger partial charge in [0, 0.05) is 21.0 Å². The minimum absolute atomic E-state index is 0.0936. The maximum absolute atomic E-state index is 13.6. The molecule has 0 radical (unpaired) electrons. The van der Waals surface area contributed by atoms with Gasteiger partial charge in [-0.2, -0.15) is 0 Å². The number of benzene rings is 3. The van der Waals surface area contributed by atoms with Gasteiger partial charge >= 0.3 is 5.97 Å². The van der Waals surface area contributed by atoms with Crippen molar-refractivity contribution in [3.05, 3.63) is 117 Å². The van der Waals surface area contributed by atoms with Gasteiger partial charge in [0.15, 0.2) is 0 Å². The molecule has 3 N–H and O–H groups in total. The van der Waals surface area contributed by atoms with Crippen molar-refractivity contribution in [2.75, 3.05) is 23.0 Å². The minimum atomic E-state index is -0.484. The van der Waals surface area contributed by atoms with E-state index in [0.29, 0.717) is 27.7 Å². The van der Waals surface area contributed by atoms with E-state index in [2.05, 4.69) is 29.8 Å². The first-order valence-corrected chi connectivity index (χ1v) is 18.9. The highest BCUT2D eigenvalue weighted by atomic mass is 32.2. The number of rotatable bonds is 12. The van der Waals surface area contributed by atoms with Crippen LogP contribution in [0.15, 0.2) is 89.5 Å². The molecule has 3 amide bonds. The van der Waals surface area contributed by atoms with Crippen molar-refractivity contribution in [2.45, 2.75) is 70.1 Å². The monoisotopic (exact) mass is 709 g/mol. The van der Waals surface area contributed by atoms with Crippen molar-refractivity contribution in [2.24, 2.45) is 0 Å². The molecule has 1 aromatic heterocycles. The average molecular weight is 710 g/mol. The third-order valence-corrected chi connectivity index (χ3v) is 10.5. The molecule has 0 fully saturated rings. The van der Waals surface area contributed by atoms with Crippen LogP contribution in [0.4, 0.5) is 10.7 Å². The summed E-state index contributed by atoms with van der Waals surface area (Å²) in [6.45, 7) is 6.27. The number of ether oxygens (including phenoxy) is 1. The number of amides is 3. The molecule has 1 aliphatic carbocycles. The number of thiophene rings is 1. The van der Waals surface area contributed by atoms with Crippen LogP contribution >= 0.6 is 23.1 Å². The summed E-state index contributed by atoms with van der Waals surface area (Å²) in [5, 5.41) is 9.22. The van der Waals surface area contributed by atoms with Crippen LogP contribution in [0, 0.1) is 0 Å². The molecule has 3 aromatic carbocycles. The van der Waals surface area contributed by atoms with E-state index in [1.165, 1.54) is 28.7 Å². The lowest BCUT2D eigenvalue weighted by Crippen LogP contribution is -2.30. The van der Waals surface area contributed by atoms with E-state index in [1.807, 2.05) is 36.4 Å². The summed E-state index contributed by atoms with van der Waals surface area (Å²) >= 11 is 2.80. The van der Waals surface area contributed by atoms with E-state index in [1.54, 1.807) is 55.5 Å². The normalized spacial score (nSPS) is 13.1. The van der Waals surface area contributed by atoms with Crippen LogP contribution in [-0.4, -0.2) is 36.1 Å². The molecule has 0 spiro atoms. The van der Waals surface area contributed by atoms with Crippen molar-refractivity contribution in [1.82, 2.24) is 5.32 Å². The summed E-state index contributed by atoms with van der Waals surface area (Å²) in [6, 6.07) is 23.8. The molecule has 0 unspecified atom stereocenters. The number of thioether (sulfide) groups is 1. The van der Waals surface area contributed by atoms with Crippen molar-refractivity contribution in [3.8, 4) is 0 Å². The SMILES string of the molecule is CCOC(=O)c1c(NC(=O)CSc2cccc(NC(=O)/C(=C\c3ccc(C(C)C)cc3)NC(=O)c3ccccc3)c2)sc2c1CCCCCC2. The van der Waals surface area contributed by atoms with E-state index in [0.717, 1.165) is 59.4 Å². The molecule has 5 rings (SSSR count). The number of hydrogen-bond acceptors (Lipinski definition) is 7. The second-order valence-electron chi connectivity index (χ2n) is 12.4.